The molecule has 2 rings (SSSR count). The maximum absolute atomic E-state index is 9.45. The molecule has 1 aliphatic rings. The van der Waals surface area contributed by atoms with Crippen LogP contribution in [0, 0.1) is 18.8 Å². The summed E-state index contributed by atoms with van der Waals surface area (Å²) in [4.78, 5) is 8.81. The number of nitrogens with one attached hydrogen (secondary N) is 2. The van der Waals surface area contributed by atoms with E-state index in [0.717, 1.165) is 31.0 Å². The van der Waals surface area contributed by atoms with Gasteiger partial charge in [-0.05, 0) is 38.5 Å². The number of hydrogen-bond acceptors (Lipinski definition) is 5. The molecule has 0 amide bonds. The van der Waals surface area contributed by atoms with Crippen molar-refractivity contribution in [2.24, 2.45) is 11.8 Å². The van der Waals surface area contributed by atoms with Gasteiger partial charge in [0.05, 0.1) is 0 Å². The summed E-state index contributed by atoms with van der Waals surface area (Å²) < 4.78 is 0. The molecule has 0 radical (unpaired) electrons. The topological polar surface area (TPSA) is 70.1 Å². The summed E-state index contributed by atoms with van der Waals surface area (Å²) in [5, 5.41) is 16.0. The number of rotatable bonds is 6. The Morgan fingerprint density at radius 1 is 1.20 bits per heavy atom. The highest BCUT2D eigenvalue weighted by Crippen LogP contribution is 2.29. The third kappa shape index (κ3) is 4.07. The molecule has 0 aromatic carbocycles. The lowest BCUT2D eigenvalue weighted by Crippen LogP contribution is -2.28. The van der Waals surface area contributed by atoms with Gasteiger partial charge in [-0.25, -0.2) is 4.98 Å². The van der Waals surface area contributed by atoms with Gasteiger partial charge >= 0.3 is 0 Å². The molecule has 3 N–H and O–H groups in total. The highest BCUT2D eigenvalue weighted by Gasteiger charge is 2.24. The summed E-state index contributed by atoms with van der Waals surface area (Å²) in [6.07, 6.45) is 4.86. The lowest BCUT2D eigenvalue weighted by molar-refractivity contribution is 0.141. The smallest absolute Gasteiger partial charge is 0.224 e. The van der Waals surface area contributed by atoms with Crippen molar-refractivity contribution in [2.45, 2.75) is 39.5 Å². The van der Waals surface area contributed by atoms with Crippen molar-refractivity contribution in [2.75, 3.05) is 30.3 Å². The Hall–Kier alpha value is -1.36. The third-order valence-corrected chi connectivity index (χ3v) is 4.04. The van der Waals surface area contributed by atoms with Crippen molar-refractivity contribution in [3.8, 4) is 0 Å². The Labute approximate surface area is 121 Å². The van der Waals surface area contributed by atoms with E-state index in [-0.39, 0.29) is 0 Å². The van der Waals surface area contributed by atoms with Crippen LogP contribution < -0.4 is 10.6 Å². The Bertz CT molecular complexity index is 424. The van der Waals surface area contributed by atoms with Gasteiger partial charge in [0.2, 0.25) is 5.95 Å². The second-order valence-corrected chi connectivity index (χ2v) is 5.62. The van der Waals surface area contributed by atoms with Crippen LogP contribution in [-0.2, 0) is 0 Å². The molecule has 1 aromatic rings. The van der Waals surface area contributed by atoms with Gasteiger partial charge in [0.25, 0.3) is 0 Å². The second kappa shape index (κ2) is 7.43. The lowest BCUT2D eigenvalue weighted by atomic mass is 9.79. The zero-order valence-electron chi connectivity index (χ0n) is 12.5. The number of aliphatic hydroxyl groups excluding tert-OH is 1. The summed E-state index contributed by atoms with van der Waals surface area (Å²) in [5.41, 5.74) is 0.959. The molecule has 1 fully saturated rings. The highest BCUT2D eigenvalue weighted by molar-refractivity contribution is 5.42. The molecule has 20 heavy (non-hydrogen) atoms. The minimum Gasteiger partial charge on any atom is -0.396 e. The molecule has 0 saturated heterocycles. The maximum Gasteiger partial charge on any atom is 0.224 e. The van der Waals surface area contributed by atoms with Crippen LogP contribution in [-0.4, -0.2) is 34.8 Å². The van der Waals surface area contributed by atoms with Gasteiger partial charge < -0.3 is 15.7 Å². The van der Waals surface area contributed by atoms with Gasteiger partial charge in [0.1, 0.15) is 5.82 Å². The molecular formula is C15H26N4O. The van der Waals surface area contributed by atoms with Crippen molar-refractivity contribution >= 4 is 11.8 Å². The number of aromatic nitrogens is 2. The summed E-state index contributed by atoms with van der Waals surface area (Å²) >= 11 is 0. The molecule has 2 atom stereocenters. The van der Waals surface area contributed by atoms with E-state index in [1.165, 1.54) is 19.3 Å². The minimum atomic E-state index is 0.303. The number of aliphatic hydroxyl groups is 1. The van der Waals surface area contributed by atoms with Crippen molar-refractivity contribution in [3.63, 3.8) is 0 Å². The highest BCUT2D eigenvalue weighted by atomic mass is 16.3. The molecule has 1 aromatic heterocycles. The summed E-state index contributed by atoms with van der Waals surface area (Å²) in [7, 11) is 0. The van der Waals surface area contributed by atoms with Crippen LogP contribution in [0.1, 0.15) is 38.3 Å². The molecule has 0 spiro atoms. The van der Waals surface area contributed by atoms with Crippen LogP contribution >= 0.6 is 0 Å². The van der Waals surface area contributed by atoms with Gasteiger partial charge in [-0.3, -0.25) is 0 Å². The fourth-order valence-electron chi connectivity index (χ4n) is 2.93. The van der Waals surface area contributed by atoms with Crippen molar-refractivity contribution in [1.82, 2.24) is 9.97 Å². The van der Waals surface area contributed by atoms with E-state index in [1.807, 2.05) is 19.9 Å². The first-order valence-corrected chi connectivity index (χ1v) is 7.67. The summed E-state index contributed by atoms with van der Waals surface area (Å²) in [6.45, 7) is 6.01. The normalized spacial score (nSPS) is 22.6. The first kappa shape index (κ1) is 15.0. The second-order valence-electron chi connectivity index (χ2n) is 5.62. The largest absolute Gasteiger partial charge is 0.396 e. The Balaban J connectivity index is 1.95. The van der Waals surface area contributed by atoms with Crippen LogP contribution in [0.4, 0.5) is 11.8 Å². The average molecular weight is 278 g/mol. The van der Waals surface area contributed by atoms with Crippen LogP contribution in [0.15, 0.2) is 6.07 Å². The zero-order valence-corrected chi connectivity index (χ0v) is 12.5. The summed E-state index contributed by atoms with van der Waals surface area (Å²) in [5.74, 6) is 2.53. The molecule has 5 nitrogen and oxygen atoms in total. The lowest BCUT2D eigenvalue weighted by Gasteiger charge is -2.30. The molecule has 1 heterocycles. The van der Waals surface area contributed by atoms with Gasteiger partial charge in [-0.2, -0.15) is 4.98 Å². The Morgan fingerprint density at radius 3 is 2.65 bits per heavy atom. The number of hydrogen-bond donors (Lipinski definition) is 3. The Morgan fingerprint density at radius 2 is 1.95 bits per heavy atom. The van der Waals surface area contributed by atoms with E-state index in [2.05, 4.69) is 20.6 Å². The Kier molecular flexibility index (Phi) is 5.59. The van der Waals surface area contributed by atoms with Crippen molar-refractivity contribution in [3.05, 3.63) is 11.8 Å². The molecule has 2 unspecified atom stereocenters. The zero-order chi connectivity index (χ0) is 14.4. The molecule has 1 saturated carbocycles. The van der Waals surface area contributed by atoms with E-state index in [1.54, 1.807) is 0 Å². The predicted molar refractivity (Wildman–Crippen MR) is 82.0 cm³/mol. The first-order chi connectivity index (χ1) is 9.72. The minimum absolute atomic E-state index is 0.303. The summed E-state index contributed by atoms with van der Waals surface area (Å²) in [6, 6.07) is 1.97. The number of nitrogens with zero attached hydrogens (tertiary/aromatic N) is 2. The monoisotopic (exact) mass is 278 g/mol. The molecule has 0 aliphatic heterocycles. The van der Waals surface area contributed by atoms with Gasteiger partial charge in [-0.1, -0.05) is 12.8 Å². The van der Waals surface area contributed by atoms with Crippen LogP contribution in [0.25, 0.3) is 0 Å². The van der Waals surface area contributed by atoms with E-state index < -0.39 is 0 Å². The molecule has 112 valence electrons. The fraction of sp³-hybridized carbons (Fsp3) is 0.733. The molecule has 0 bridgehead atoms. The van der Waals surface area contributed by atoms with Crippen molar-refractivity contribution < 1.29 is 5.11 Å². The van der Waals surface area contributed by atoms with E-state index >= 15 is 0 Å². The van der Waals surface area contributed by atoms with E-state index in [9.17, 15) is 5.11 Å². The molecule has 5 heteroatoms. The standard InChI is InChI=1S/C15H26N4O/c1-3-16-15-18-11(2)8-14(19-15)17-9-12-6-4-5-7-13(12)10-20/h8,12-13,20H,3-7,9-10H2,1-2H3,(H2,16,17,18,19). The van der Waals surface area contributed by atoms with Gasteiger partial charge in [0.15, 0.2) is 0 Å². The quantitative estimate of drug-likeness (QED) is 0.745. The number of aryl methyl sites for hydroxylation is 1. The molecular weight excluding hydrogens is 252 g/mol. The number of anilines is 2. The van der Waals surface area contributed by atoms with Crippen LogP contribution in [0.2, 0.25) is 0 Å². The SMILES string of the molecule is CCNc1nc(C)cc(NCC2CCCCC2CO)n1. The van der Waals surface area contributed by atoms with Crippen LogP contribution in [0.3, 0.4) is 0 Å². The van der Waals surface area contributed by atoms with Crippen LogP contribution in [0.5, 0.6) is 0 Å². The van der Waals surface area contributed by atoms with Gasteiger partial charge in [0, 0.05) is 31.5 Å². The molecule has 1 aliphatic carbocycles. The fourth-order valence-corrected chi connectivity index (χ4v) is 2.93. The van der Waals surface area contributed by atoms with E-state index in [4.69, 9.17) is 0 Å². The average Bonchev–Trinajstić information content (AvgIpc) is 2.45. The first-order valence-electron chi connectivity index (χ1n) is 7.67. The van der Waals surface area contributed by atoms with Gasteiger partial charge in [-0.15, -0.1) is 0 Å². The maximum atomic E-state index is 9.45. The third-order valence-electron chi connectivity index (χ3n) is 4.04. The van der Waals surface area contributed by atoms with Crippen molar-refractivity contribution in [1.29, 1.82) is 0 Å². The predicted octanol–water partition coefficient (Wildman–Crippen LogP) is 2.43. The van der Waals surface area contributed by atoms with E-state index in [0.29, 0.717) is 24.4 Å².